The molecule has 166 valence electrons. The first kappa shape index (κ1) is 21.9. The second kappa shape index (κ2) is 7.96. The molecule has 0 bridgehead atoms. The molecule has 6 N–H and O–H groups in total. The van der Waals surface area contributed by atoms with Gasteiger partial charge in [0, 0.05) is 16.0 Å². The lowest BCUT2D eigenvalue weighted by Gasteiger charge is -2.22. The number of thiazole rings is 1. The lowest BCUT2D eigenvalue weighted by Crippen LogP contribution is -2.44. The predicted octanol–water partition coefficient (Wildman–Crippen LogP) is 1.18. The first-order chi connectivity index (χ1) is 14.7. The molecular weight excluding hydrogens is 438 g/mol. The number of nitrogens with zero attached hydrogens (tertiary/aromatic N) is 2. The summed E-state index contributed by atoms with van der Waals surface area (Å²) in [6, 6.07) is 1.66. The molecule has 0 fully saturated rings. The second-order valence-electron chi connectivity index (χ2n) is 8.14. The van der Waals surface area contributed by atoms with Gasteiger partial charge in [0.15, 0.2) is 0 Å². The van der Waals surface area contributed by atoms with Crippen LogP contribution in [0.25, 0.3) is 0 Å². The van der Waals surface area contributed by atoms with Gasteiger partial charge in [-0.05, 0) is 67.7 Å². The number of hydrogen-bond acceptors (Lipinski definition) is 7. The van der Waals surface area contributed by atoms with Crippen LogP contribution in [0.3, 0.4) is 0 Å². The Morgan fingerprint density at radius 2 is 1.87 bits per heavy atom. The molecule has 1 atom stereocenters. The van der Waals surface area contributed by atoms with Crippen LogP contribution >= 0.6 is 11.3 Å². The van der Waals surface area contributed by atoms with Gasteiger partial charge in [-0.3, -0.25) is 9.86 Å². The Morgan fingerprint density at radius 3 is 2.42 bits per heavy atom. The Morgan fingerprint density at radius 1 is 1.29 bits per heavy atom. The van der Waals surface area contributed by atoms with E-state index in [1.165, 1.54) is 13.1 Å². The van der Waals surface area contributed by atoms with E-state index in [1.54, 1.807) is 0 Å². The van der Waals surface area contributed by atoms with E-state index in [4.69, 9.17) is 5.14 Å². The van der Waals surface area contributed by atoms with Crippen molar-refractivity contribution >= 4 is 33.4 Å². The number of rotatable bonds is 5. The van der Waals surface area contributed by atoms with Gasteiger partial charge >= 0.3 is 6.03 Å². The summed E-state index contributed by atoms with van der Waals surface area (Å²) in [5.41, 5.74) is 3.86. The van der Waals surface area contributed by atoms with Crippen molar-refractivity contribution in [2.24, 2.45) is 5.14 Å². The van der Waals surface area contributed by atoms with E-state index in [0.717, 1.165) is 77.7 Å². The number of carbonyl (C=O) groups excluding carboxylic acids is 1. The second-order valence-corrected chi connectivity index (χ2v) is 11.5. The Labute approximate surface area is 185 Å². The summed E-state index contributed by atoms with van der Waals surface area (Å²) in [4.78, 5) is 16.8. The van der Waals surface area contributed by atoms with Gasteiger partial charge in [0.2, 0.25) is 0 Å². The van der Waals surface area contributed by atoms with Gasteiger partial charge in [0.25, 0.3) is 0 Å². The molecule has 11 heteroatoms. The van der Waals surface area contributed by atoms with E-state index >= 15 is 0 Å². The van der Waals surface area contributed by atoms with Gasteiger partial charge in [-0.15, -0.1) is 11.3 Å². The molecular formula is C20H25N5O4S2. The van der Waals surface area contributed by atoms with Crippen molar-refractivity contribution in [1.29, 1.82) is 5.26 Å². The molecule has 1 aromatic carbocycles. The van der Waals surface area contributed by atoms with Gasteiger partial charge in [-0.25, -0.2) is 14.0 Å². The van der Waals surface area contributed by atoms with Gasteiger partial charge in [0.05, 0.1) is 24.4 Å². The summed E-state index contributed by atoms with van der Waals surface area (Å²) >= 11 is 0.877. The number of nitrogens with two attached hydrogens (primary N) is 1. The number of fused-ring (bicyclic) bond motifs is 2. The van der Waals surface area contributed by atoms with E-state index in [1.807, 2.05) is 0 Å². The zero-order chi connectivity index (χ0) is 22.4. The first-order valence-corrected chi connectivity index (χ1v) is 12.6. The number of benzene rings is 1. The Hall–Kier alpha value is -2.36. The molecule has 0 saturated carbocycles. The molecule has 1 aromatic heterocycles. The fourth-order valence-corrected chi connectivity index (χ4v) is 6.65. The lowest BCUT2D eigenvalue weighted by atomic mass is 9.93. The smallest absolute Gasteiger partial charge is 0.330 e. The van der Waals surface area contributed by atoms with Gasteiger partial charge in [-0.2, -0.15) is 5.26 Å². The highest BCUT2D eigenvalue weighted by molar-refractivity contribution is 8.01. The molecule has 0 saturated heterocycles. The van der Waals surface area contributed by atoms with Crippen LogP contribution in [0.2, 0.25) is 0 Å². The highest BCUT2D eigenvalue weighted by atomic mass is 32.3. The minimum atomic E-state index is -3.80. The largest absolute Gasteiger partial charge is 0.393 e. The van der Waals surface area contributed by atoms with Crippen molar-refractivity contribution in [1.82, 2.24) is 9.71 Å². The van der Waals surface area contributed by atoms with Crippen molar-refractivity contribution < 1.29 is 19.2 Å². The Bertz CT molecular complexity index is 1120. The SMILES string of the molecule is CC(O)(CO)c1ncc([SH](N)(=O)NC(=O)Nc2c3c(c(C#N)c4c2CCC4)CCC3)s1. The van der Waals surface area contributed by atoms with E-state index < -0.39 is 28.5 Å². The van der Waals surface area contributed by atoms with Crippen LogP contribution in [0.5, 0.6) is 0 Å². The Kier molecular flexibility index (Phi) is 5.61. The van der Waals surface area contributed by atoms with Crippen molar-refractivity contribution in [3.8, 4) is 6.07 Å². The van der Waals surface area contributed by atoms with Crippen LogP contribution in [0.1, 0.15) is 52.6 Å². The van der Waals surface area contributed by atoms with Crippen LogP contribution in [0, 0.1) is 11.3 Å². The molecule has 2 aliphatic carbocycles. The lowest BCUT2D eigenvalue weighted by molar-refractivity contribution is -0.00244. The zero-order valence-corrected chi connectivity index (χ0v) is 18.8. The normalized spacial score (nSPS) is 17.4. The average molecular weight is 464 g/mol. The van der Waals surface area contributed by atoms with Gasteiger partial charge in [-0.1, -0.05) is 0 Å². The molecule has 1 heterocycles. The summed E-state index contributed by atoms with van der Waals surface area (Å²) < 4.78 is 15.5. The summed E-state index contributed by atoms with van der Waals surface area (Å²) in [5, 5.41) is 38.0. The van der Waals surface area contributed by atoms with Crippen molar-refractivity contribution in [2.45, 2.75) is 55.3 Å². The standard InChI is InChI=1S/C20H25N5O4S2/c1-20(28,10-26)18-23-9-16(30-18)31(22,29)25-19(27)24-17-13-6-2-4-11(13)15(8-21)12-5-3-7-14(12)17/h9,26,28,31H,2-7,10H2,1H3,(H4,22,24,25,27,29). The number of anilines is 1. The molecule has 0 aliphatic heterocycles. The van der Waals surface area contributed by atoms with E-state index in [-0.39, 0.29) is 9.22 Å². The van der Waals surface area contributed by atoms with Crippen LogP contribution in [-0.2, 0) is 41.6 Å². The number of amides is 2. The maximum Gasteiger partial charge on any atom is 0.330 e. The third-order valence-corrected chi connectivity index (χ3v) is 9.30. The maximum absolute atomic E-state index is 13.0. The Balaban J connectivity index is 1.59. The molecule has 31 heavy (non-hydrogen) atoms. The minimum absolute atomic E-state index is 0.113. The average Bonchev–Trinajstić information content (AvgIpc) is 3.47. The van der Waals surface area contributed by atoms with Crippen LogP contribution in [0.4, 0.5) is 10.5 Å². The van der Waals surface area contributed by atoms with Crippen molar-refractivity contribution in [2.75, 3.05) is 11.9 Å². The number of thiol groups is 1. The highest BCUT2D eigenvalue weighted by Gasteiger charge is 2.31. The van der Waals surface area contributed by atoms with Crippen LogP contribution < -0.4 is 15.2 Å². The summed E-state index contributed by atoms with van der Waals surface area (Å²) in [7, 11) is -3.80. The summed E-state index contributed by atoms with van der Waals surface area (Å²) in [6.07, 6.45) is 6.27. The first-order valence-electron chi connectivity index (χ1n) is 10.1. The quantitative estimate of drug-likeness (QED) is 0.365. The van der Waals surface area contributed by atoms with Crippen molar-refractivity contribution in [3.05, 3.63) is 39.0 Å². The molecule has 0 spiro atoms. The van der Waals surface area contributed by atoms with Crippen LogP contribution in [0.15, 0.2) is 10.4 Å². The molecule has 9 nitrogen and oxygen atoms in total. The maximum atomic E-state index is 13.0. The van der Waals surface area contributed by atoms with Gasteiger partial charge in [0.1, 0.15) is 14.8 Å². The minimum Gasteiger partial charge on any atom is -0.393 e. The molecule has 0 radical (unpaired) electrons. The molecule has 2 aromatic rings. The fraction of sp³-hybridized carbons (Fsp3) is 0.450. The summed E-state index contributed by atoms with van der Waals surface area (Å²) in [5.74, 6) is 0. The number of urea groups is 1. The number of nitrogens with one attached hydrogen (secondary N) is 2. The van der Waals surface area contributed by atoms with E-state index in [0.29, 0.717) is 5.69 Å². The van der Waals surface area contributed by atoms with Crippen molar-refractivity contribution in [3.63, 3.8) is 0 Å². The van der Waals surface area contributed by atoms with Gasteiger partial charge < -0.3 is 15.5 Å². The number of aliphatic hydroxyl groups excluding tert-OH is 1. The third-order valence-electron chi connectivity index (χ3n) is 5.85. The topological polar surface area (TPSA) is 161 Å². The highest BCUT2D eigenvalue weighted by Crippen LogP contribution is 2.41. The monoisotopic (exact) mass is 463 g/mol. The third kappa shape index (κ3) is 3.86. The molecule has 1 unspecified atom stereocenters. The summed E-state index contributed by atoms with van der Waals surface area (Å²) in [6.45, 7) is 0.820. The molecule has 2 amide bonds. The molecule has 4 rings (SSSR count). The fourth-order valence-electron chi connectivity index (χ4n) is 4.32. The molecule has 2 aliphatic rings. The van der Waals surface area contributed by atoms with Crippen LogP contribution in [-0.4, -0.2) is 32.0 Å². The predicted molar refractivity (Wildman–Crippen MR) is 118 cm³/mol. The number of aromatic nitrogens is 1. The number of nitriles is 1. The number of carbonyl (C=O) groups is 1. The number of hydrogen-bond donors (Lipinski definition) is 6. The van der Waals surface area contributed by atoms with E-state index in [9.17, 15) is 24.5 Å². The number of aliphatic hydroxyl groups is 2. The van der Waals surface area contributed by atoms with E-state index in [2.05, 4.69) is 21.1 Å². The zero-order valence-electron chi connectivity index (χ0n) is 17.1.